The Morgan fingerprint density at radius 1 is 0.865 bits per heavy atom. The molecule has 0 saturated carbocycles. The van der Waals surface area contributed by atoms with Crippen LogP contribution in [0.3, 0.4) is 0 Å². The van der Waals surface area contributed by atoms with Gasteiger partial charge in [-0.05, 0) is 37.1 Å². The summed E-state index contributed by atoms with van der Waals surface area (Å²) in [5.41, 5.74) is 1.61. The summed E-state index contributed by atoms with van der Waals surface area (Å²) in [5.74, 6) is 0.625. The van der Waals surface area contributed by atoms with Crippen LogP contribution in [0.5, 0.6) is 5.75 Å². The first-order valence-electron chi connectivity index (χ1n) is 14.3. The van der Waals surface area contributed by atoms with E-state index in [1.54, 1.807) is 0 Å². The molecule has 1 heterocycles. The molecule has 0 spiro atoms. The summed E-state index contributed by atoms with van der Waals surface area (Å²) in [7, 11) is 0. The number of carbonyl (C=O) groups is 1. The van der Waals surface area contributed by atoms with Crippen molar-refractivity contribution in [1.29, 1.82) is 0 Å². The number of amides is 1. The highest BCUT2D eigenvalue weighted by Crippen LogP contribution is 2.26. The molecular weight excluding hydrogens is 595 g/mol. The number of ether oxygens (including phenoxy) is 1. The van der Waals surface area contributed by atoms with Crippen LogP contribution in [0.15, 0.2) is 42.7 Å². The van der Waals surface area contributed by atoms with Gasteiger partial charge >= 0.3 is 0 Å². The molecule has 0 aliphatic carbocycles. The van der Waals surface area contributed by atoms with Gasteiger partial charge in [0, 0.05) is 12.6 Å². The summed E-state index contributed by atoms with van der Waals surface area (Å²) < 4.78 is 7.88. The van der Waals surface area contributed by atoms with Gasteiger partial charge in [-0.15, -0.1) is 0 Å². The Balaban J connectivity index is 0.00000684. The molecule has 0 radical (unpaired) electrons. The van der Waals surface area contributed by atoms with E-state index in [-0.39, 0.29) is 29.9 Å². The molecule has 1 aromatic heterocycles. The molecule has 6 heteroatoms. The van der Waals surface area contributed by atoms with Crippen LogP contribution in [0, 0.1) is 0 Å². The molecule has 0 atom stereocenters. The molecule has 0 fully saturated rings. The lowest BCUT2D eigenvalue weighted by Crippen LogP contribution is -3.00. The molecule has 0 unspecified atom stereocenters. The third-order valence-electron chi connectivity index (χ3n) is 6.69. The molecule has 37 heavy (non-hydrogen) atoms. The van der Waals surface area contributed by atoms with Gasteiger partial charge in [0.05, 0.1) is 11.6 Å². The Morgan fingerprint density at radius 2 is 1.46 bits per heavy atom. The predicted molar refractivity (Wildman–Crippen MR) is 151 cm³/mol. The van der Waals surface area contributed by atoms with Gasteiger partial charge in [-0.1, -0.05) is 108 Å². The fraction of sp³-hybridized carbons (Fsp3) is 0.613. The van der Waals surface area contributed by atoms with Crippen molar-refractivity contribution in [2.75, 3.05) is 6.61 Å². The van der Waals surface area contributed by atoms with E-state index in [1.807, 2.05) is 54.2 Å². The summed E-state index contributed by atoms with van der Waals surface area (Å²) >= 11 is 6.43. The Labute approximate surface area is 247 Å². The van der Waals surface area contributed by atoms with Gasteiger partial charge in [-0.25, -0.2) is 4.57 Å². The zero-order valence-corrected chi connectivity index (χ0v) is 26.0. The standard InChI is InChI=1S/C31H47ClN2O2.HI/c1-3-5-6-7-8-9-10-11-12-13-14-15-16-17-23-36-30-21-20-27(24-29(30)32)25-33-31(35)28-19-18-22-34(4-2)26-28;/h18-22,24,26H,3-17,23,25H2,1-2H3;1H. The molecule has 2 aromatic rings. The van der Waals surface area contributed by atoms with Crippen molar-refractivity contribution >= 4 is 17.5 Å². The average molecular weight is 643 g/mol. The lowest BCUT2D eigenvalue weighted by molar-refractivity contribution is -0.693. The second-order valence-corrected chi connectivity index (χ2v) is 10.2. The number of hydrogen-bond donors (Lipinski definition) is 1. The number of nitrogens with one attached hydrogen (secondary N) is 1. The summed E-state index contributed by atoms with van der Waals surface area (Å²) in [5, 5.41) is 3.55. The van der Waals surface area contributed by atoms with Gasteiger partial charge in [0.25, 0.3) is 5.91 Å². The number of unbranched alkanes of at least 4 members (excludes halogenated alkanes) is 13. The number of hydrogen-bond acceptors (Lipinski definition) is 2. The number of nitrogens with zero attached hydrogens (tertiary/aromatic N) is 1. The van der Waals surface area contributed by atoms with Crippen LogP contribution >= 0.6 is 11.6 Å². The van der Waals surface area contributed by atoms with Crippen molar-refractivity contribution < 1.29 is 38.1 Å². The van der Waals surface area contributed by atoms with E-state index in [0.29, 0.717) is 29.5 Å². The Hall–Kier alpha value is -1.34. The monoisotopic (exact) mass is 642 g/mol. The van der Waals surface area contributed by atoms with Gasteiger partial charge in [0.1, 0.15) is 17.9 Å². The lowest BCUT2D eigenvalue weighted by atomic mass is 10.0. The van der Waals surface area contributed by atoms with E-state index in [2.05, 4.69) is 12.2 Å². The van der Waals surface area contributed by atoms with Crippen LogP contribution in [-0.2, 0) is 13.1 Å². The minimum atomic E-state index is -0.0907. The molecule has 208 valence electrons. The van der Waals surface area contributed by atoms with Crippen LogP contribution in [0.2, 0.25) is 5.02 Å². The van der Waals surface area contributed by atoms with Crippen LogP contribution in [0.25, 0.3) is 0 Å². The number of benzene rings is 1. The molecule has 0 saturated heterocycles. The van der Waals surface area contributed by atoms with Gasteiger partial charge in [0.15, 0.2) is 12.4 Å². The first-order valence-corrected chi connectivity index (χ1v) is 14.7. The van der Waals surface area contributed by atoms with Crippen LogP contribution in [0.4, 0.5) is 0 Å². The van der Waals surface area contributed by atoms with Gasteiger partial charge in [-0.2, -0.15) is 0 Å². The normalized spacial score (nSPS) is 10.7. The van der Waals surface area contributed by atoms with E-state index < -0.39 is 0 Å². The van der Waals surface area contributed by atoms with Crippen molar-refractivity contribution in [2.45, 2.75) is 117 Å². The second kappa shape index (κ2) is 21.6. The zero-order valence-electron chi connectivity index (χ0n) is 23.1. The summed E-state index contributed by atoms with van der Waals surface area (Å²) in [4.78, 5) is 12.4. The smallest absolute Gasteiger partial charge is 0.257 e. The molecule has 0 aliphatic heterocycles. The highest BCUT2D eigenvalue weighted by molar-refractivity contribution is 6.32. The molecular formula is C31H48ClIN2O2. The second-order valence-electron chi connectivity index (χ2n) is 9.82. The SMILES string of the molecule is CCCCCCCCCCCCCCCCOc1ccc(CNC(=O)c2ccc[n+](CC)c2)cc1Cl.[I-]. The van der Waals surface area contributed by atoms with Crippen LogP contribution < -0.4 is 38.6 Å². The van der Waals surface area contributed by atoms with Gasteiger partial charge < -0.3 is 34.0 Å². The zero-order chi connectivity index (χ0) is 25.8. The molecule has 4 nitrogen and oxygen atoms in total. The molecule has 0 aliphatic rings. The maximum Gasteiger partial charge on any atom is 0.257 e. The number of halogens is 2. The largest absolute Gasteiger partial charge is 1.00 e. The molecule has 1 amide bonds. The quantitative estimate of drug-likeness (QED) is 0.119. The summed E-state index contributed by atoms with van der Waals surface area (Å²) in [6.07, 6.45) is 22.7. The number of aryl methyl sites for hydroxylation is 1. The Kier molecular flexibility index (Phi) is 19.6. The van der Waals surface area contributed by atoms with E-state index in [4.69, 9.17) is 16.3 Å². The van der Waals surface area contributed by atoms with E-state index in [1.165, 1.54) is 83.5 Å². The number of rotatable bonds is 20. The van der Waals surface area contributed by atoms with E-state index in [0.717, 1.165) is 18.5 Å². The molecule has 1 N–H and O–H groups in total. The van der Waals surface area contributed by atoms with E-state index in [9.17, 15) is 4.79 Å². The number of carbonyl (C=O) groups excluding carboxylic acids is 1. The fourth-order valence-corrected chi connectivity index (χ4v) is 4.65. The Morgan fingerprint density at radius 3 is 2.03 bits per heavy atom. The lowest BCUT2D eigenvalue weighted by Gasteiger charge is -2.10. The van der Waals surface area contributed by atoms with Crippen molar-refractivity contribution in [3.8, 4) is 5.75 Å². The van der Waals surface area contributed by atoms with Crippen LogP contribution in [0.1, 0.15) is 120 Å². The van der Waals surface area contributed by atoms with Gasteiger partial charge in [-0.3, -0.25) is 4.79 Å². The highest BCUT2D eigenvalue weighted by atomic mass is 127. The van der Waals surface area contributed by atoms with E-state index >= 15 is 0 Å². The maximum absolute atomic E-state index is 12.4. The first-order chi connectivity index (χ1) is 17.6. The molecule has 0 bridgehead atoms. The minimum Gasteiger partial charge on any atom is -1.00 e. The van der Waals surface area contributed by atoms with Gasteiger partial charge in [0.2, 0.25) is 0 Å². The number of pyridine rings is 1. The number of aromatic nitrogens is 1. The average Bonchev–Trinajstić information content (AvgIpc) is 2.90. The minimum absolute atomic E-state index is 0. The predicted octanol–water partition coefficient (Wildman–Crippen LogP) is 5.44. The fourth-order valence-electron chi connectivity index (χ4n) is 4.39. The topological polar surface area (TPSA) is 42.2 Å². The first kappa shape index (κ1) is 33.7. The van der Waals surface area contributed by atoms with Crippen LogP contribution in [-0.4, -0.2) is 12.5 Å². The van der Waals surface area contributed by atoms with Crippen molar-refractivity contribution in [1.82, 2.24) is 5.32 Å². The third kappa shape index (κ3) is 15.0. The molecule has 2 rings (SSSR count). The summed E-state index contributed by atoms with van der Waals surface area (Å²) in [6, 6.07) is 9.45. The van der Waals surface area contributed by atoms with Crippen molar-refractivity contribution in [2.24, 2.45) is 0 Å². The van der Waals surface area contributed by atoms with Crippen molar-refractivity contribution in [3.05, 3.63) is 58.9 Å². The Bertz CT molecular complexity index is 878. The highest BCUT2D eigenvalue weighted by Gasteiger charge is 2.10. The van der Waals surface area contributed by atoms with Crippen molar-refractivity contribution in [3.63, 3.8) is 0 Å². The summed E-state index contributed by atoms with van der Waals surface area (Å²) in [6.45, 7) is 6.28. The maximum atomic E-state index is 12.4. The third-order valence-corrected chi connectivity index (χ3v) is 6.99. The molecule has 1 aromatic carbocycles.